The molecule has 0 bridgehead atoms. The first-order valence-corrected chi connectivity index (χ1v) is 14.6. The second-order valence-electron chi connectivity index (χ2n) is 10.1. The maximum absolute atomic E-state index is 13.5. The van der Waals surface area contributed by atoms with Crippen molar-refractivity contribution in [2.45, 2.75) is 69.0 Å². The SMILES string of the molecule is C[C@@H](C(=O)NC1CCCC1)N(Cc1ccc(F)cc1)C(=O)CCCN1c2cccc3cccc(c23)S1(=O)=O. The van der Waals surface area contributed by atoms with Crippen molar-refractivity contribution in [3.63, 3.8) is 0 Å². The number of amides is 2. The van der Waals surface area contributed by atoms with E-state index >= 15 is 0 Å². The Morgan fingerprint density at radius 3 is 2.45 bits per heavy atom. The summed E-state index contributed by atoms with van der Waals surface area (Å²) in [6, 6.07) is 16.0. The summed E-state index contributed by atoms with van der Waals surface area (Å²) in [4.78, 5) is 28.3. The standard InChI is InChI=1S/C29H32FN3O4S/c1-20(29(35)31-24-9-2-3-10-24)32(19-21-14-16-23(30)17-15-21)27(34)13-6-18-33-25-11-4-7-22-8-5-12-26(28(22)25)38(33,36)37/h4-5,7-8,11-12,14-17,20,24H,2-3,6,9-10,13,18-19H2,1H3,(H,31,35)/t20-/m0/s1. The third-order valence-corrected chi connectivity index (χ3v) is 9.42. The summed E-state index contributed by atoms with van der Waals surface area (Å²) in [7, 11) is -3.70. The van der Waals surface area contributed by atoms with E-state index in [0.29, 0.717) is 23.1 Å². The van der Waals surface area contributed by atoms with Gasteiger partial charge in [0.1, 0.15) is 11.9 Å². The molecule has 5 rings (SSSR count). The van der Waals surface area contributed by atoms with Crippen molar-refractivity contribution in [2.75, 3.05) is 10.8 Å². The summed E-state index contributed by atoms with van der Waals surface area (Å²) >= 11 is 0. The number of nitrogens with one attached hydrogen (secondary N) is 1. The van der Waals surface area contributed by atoms with Gasteiger partial charge in [-0.15, -0.1) is 0 Å². The van der Waals surface area contributed by atoms with Crippen LogP contribution in [0.5, 0.6) is 0 Å². The van der Waals surface area contributed by atoms with Crippen LogP contribution in [0.1, 0.15) is 51.0 Å². The molecule has 7 nitrogen and oxygen atoms in total. The molecule has 2 aliphatic rings. The van der Waals surface area contributed by atoms with E-state index in [2.05, 4.69) is 5.32 Å². The monoisotopic (exact) mass is 537 g/mol. The number of carbonyl (C=O) groups excluding carboxylic acids is 2. The molecule has 0 aromatic heterocycles. The second kappa shape index (κ2) is 10.7. The normalized spacial score (nSPS) is 17.1. The van der Waals surface area contributed by atoms with E-state index in [1.165, 1.54) is 21.3 Å². The van der Waals surface area contributed by atoms with Gasteiger partial charge in [0, 0.05) is 30.9 Å². The molecule has 1 N–H and O–H groups in total. The number of nitrogens with zero attached hydrogens (tertiary/aromatic N) is 2. The minimum atomic E-state index is -3.70. The average Bonchev–Trinajstić information content (AvgIpc) is 3.49. The fraction of sp³-hybridized carbons (Fsp3) is 0.379. The highest BCUT2D eigenvalue weighted by atomic mass is 32.2. The molecule has 1 aliphatic heterocycles. The molecule has 9 heteroatoms. The van der Waals surface area contributed by atoms with Gasteiger partial charge >= 0.3 is 0 Å². The Balaban J connectivity index is 1.29. The van der Waals surface area contributed by atoms with Crippen LogP contribution >= 0.6 is 0 Å². The lowest BCUT2D eigenvalue weighted by molar-refractivity contribution is -0.141. The molecule has 0 radical (unpaired) electrons. The summed E-state index contributed by atoms with van der Waals surface area (Å²) in [5, 5.41) is 4.62. The lowest BCUT2D eigenvalue weighted by atomic mass is 10.1. The first-order valence-electron chi connectivity index (χ1n) is 13.1. The van der Waals surface area contributed by atoms with Crippen LogP contribution in [0.4, 0.5) is 10.1 Å². The van der Waals surface area contributed by atoms with Crippen molar-refractivity contribution in [1.29, 1.82) is 0 Å². The van der Waals surface area contributed by atoms with Crippen molar-refractivity contribution < 1.29 is 22.4 Å². The predicted molar refractivity (Wildman–Crippen MR) is 145 cm³/mol. The average molecular weight is 538 g/mol. The van der Waals surface area contributed by atoms with Gasteiger partial charge in [0.15, 0.2) is 0 Å². The van der Waals surface area contributed by atoms with Crippen molar-refractivity contribution in [3.05, 3.63) is 72.0 Å². The van der Waals surface area contributed by atoms with Gasteiger partial charge < -0.3 is 10.2 Å². The van der Waals surface area contributed by atoms with Gasteiger partial charge in [0.25, 0.3) is 10.0 Å². The minimum absolute atomic E-state index is 0.0700. The minimum Gasteiger partial charge on any atom is -0.352 e. The first-order chi connectivity index (χ1) is 18.3. The van der Waals surface area contributed by atoms with Crippen molar-refractivity contribution in [2.24, 2.45) is 0 Å². The van der Waals surface area contributed by atoms with Gasteiger partial charge in [0.2, 0.25) is 11.8 Å². The van der Waals surface area contributed by atoms with E-state index in [4.69, 9.17) is 0 Å². The number of sulfonamides is 1. The van der Waals surface area contributed by atoms with Crippen LogP contribution in [0, 0.1) is 5.82 Å². The molecule has 0 saturated heterocycles. The van der Waals surface area contributed by atoms with E-state index in [1.54, 1.807) is 37.3 Å². The fourth-order valence-electron chi connectivity index (χ4n) is 5.48. The maximum atomic E-state index is 13.5. The topological polar surface area (TPSA) is 86.8 Å². The van der Waals surface area contributed by atoms with E-state index in [9.17, 15) is 22.4 Å². The van der Waals surface area contributed by atoms with Gasteiger partial charge in [0.05, 0.1) is 10.6 Å². The van der Waals surface area contributed by atoms with Crippen molar-refractivity contribution in [3.8, 4) is 0 Å². The Morgan fingerprint density at radius 2 is 1.74 bits per heavy atom. The highest BCUT2D eigenvalue weighted by Crippen LogP contribution is 2.42. The van der Waals surface area contributed by atoms with Gasteiger partial charge in [-0.3, -0.25) is 13.9 Å². The zero-order valence-electron chi connectivity index (χ0n) is 21.4. The van der Waals surface area contributed by atoms with Gasteiger partial charge in [-0.05, 0) is 61.4 Å². The smallest absolute Gasteiger partial charge is 0.265 e. The third kappa shape index (κ3) is 5.12. The van der Waals surface area contributed by atoms with Gasteiger partial charge in [-0.1, -0.05) is 49.2 Å². The van der Waals surface area contributed by atoms with E-state index < -0.39 is 16.1 Å². The molecule has 0 spiro atoms. The second-order valence-corrected chi connectivity index (χ2v) is 12.0. The number of carbonyl (C=O) groups is 2. The van der Waals surface area contributed by atoms with Crippen LogP contribution in [0.15, 0.2) is 65.6 Å². The van der Waals surface area contributed by atoms with Crippen LogP contribution in [0.3, 0.4) is 0 Å². The zero-order valence-corrected chi connectivity index (χ0v) is 22.2. The molecule has 1 heterocycles. The number of hydrogen-bond acceptors (Lipinski definition) is 4. The summed E-state index contributed by atoms with van der Waals surface area (Å²) in [6.07, 6.45) is 4.39. The van der Waals surface area contributed by atoms with Crippen molar-refractivity contribution in [1.82, 2.24) is 10.2 Å². The van der Waals surface area contributed by atoms with Crippen LogP contribution < -0.4 is 9.62 Å². The van der Waals surface area contributed by atoms with Crippen LogP contribution in [0.2, 0.25) is 0 Å². The Morgan fingerprint density at radius 1 is 1.05 bits per heavy atom. The van der Waals surface area contributed by atoms with Crippen LogP contribution in [-0.2, 0) is 26.2 Å². The Hall–Kier alpha value is -3.46. The molecule has 1 aliphatic carbocycles. The molecule has 1 fully saturated rings. The Bertz CT molecular complexity index is 1450. The highest BCUT2D eigenvalue weighted by Gasteiger charge is 2.35. The highest BCUT2D eigenvalue weighted by molar-refractivity contribution is 7.93. The molecule has 1 saturated carbocycles. The predicted octanol–water partition coefficient (Wildman–Crippen LogP) is 4.74. The molecule has 200 valence electrons. The first kappa shape index (κ1) is 26.2. The quantitative estimate of drug-likeness (QED) is 0.427. The zero-order chi connectivity index (χ0) is 26.9. The lowest BCUT2D eigenvalue weighted by Gasteiger charge is -2.30. The van der Waals surface area contributed by atoms with Crippen LogP contribution in [-0.4, -0.2) is 43.8 Å². The number of halogens is 1. The fourth-order valence-corrected chi connectivity index (χ4v) is 7.23. The Labute approximate surface area is 222 Å². The molecule has 0 unspecified atom stereocenters. The number of hydrogen-bond donors (Lipinski definition) is 1. The molecule has 3 aromatic carbocycles. The lowest BCUT2D eigenvalue weighted by Crippen LogP contribution is -2.49. The molecular weight excluding hydrogens is 505 g/mol. The number of benzene rings is 3. The summed E-state index contributed by atoms with van der Waals surface area (Å²) < 4.78 is 41.3. The van der Waals surface area contributed by atoms with Crippen molar-refractivity contribution >= 4 is 38.3 Å². The van der Waals surface area contributed by atoms with Gasteiger partial charge in [-0.2, -0.15) is 0 Å². The maximum Gasteiger partial charge on any atom is 0.265 e. The Kier molecular flexibility index (Phi) is 7.38. The number of rotatable bonds is 9. The van der Waals surface area contributed by atoms with Crippen LogP contribution in [0.25, 0.3) is 10.8 Å². The summed E-state index contributed by atoms with van der Waals surface area (Å²) in [5.41, 5.74) is 1.34. The number of anilines is 1. The molecule has 1 atom stereocenters. The molecule has 2 amide bonds. The van der Waals surface area contributed by atoms with E-state index in [0.717, 1.165) is 31.1 Å². The van der Waals surface area contributed by atoms with E-state index in [1.807, 2.05) is 18.2 Å². The largest absolute Gasteiger partial charge is 0.352 e. The van der Waals surface area contributed by atoms with Gasteiger partial charge in [-0.25, -0.2) is 12.8 Å². The summed E-state index contributed by atoms with van der Waals surface area (Å²) in [6.45, 7) is 2.01. The summed E-state index contributed by atoms with van der Waals surface area (Å²) in [5.74, 6) is -0.839. The molecular formula is C29H32FN3O4S. The van der Waals surface area contributed by atoms with E-state index in [-0.39, 0.29) is 48.1 Å². The molecule has 3 aromatic rings. The molecule has 38 heavy (non-hydrogen) atoms. The third-order valence-electron chi connectivity index (χ3n) is 7.57.